The minimum Gasteiger partial charge on any atom is -0.498 e. The van der Waals surface area contributed by atoms with Gasteiger partial charge < -0.3 is 14.4 Å². The van der Waals surface area contributed by atoms with Crippen LogP contribution < -0.4 is 5.19 Å². The van der Waals surface area contributed by atoms with Gasteiger partial charge in [-0.3, -0.25) is 0 Å². The van der Waals surface area contributed by atoms with E-state index in [9.17, 15) is 4.39 Å². The molecule has 257 valence electrons. The van der Waals surface area contributed by atoms with Crippen molar-refractivity contribution in [1.82, 2.24) is 9.97 Å². The van der Waals surface area contributed by atoms with Crippen LogP contribution >= 0.6 is 0 Å². The molecular weight excluding hydrogens is 812 g/mol. The van der Waals surface area contributed by atoms with Crippen LogP contribution in [0.15, 0.2) is 95.7 Å². The van der Waals surface area contributed by atoms with Gasteiger partial charge in [0.2, 0.25) is 0 Å². The van der Waals surface area contributed by atoms with E-state index in [4.69, 9.17) is 9.90 Å². The minimum atomic E-state index is -2.13. The number of furan rings is 1. The number of rotatable bonds is 5. The first-order chi connectivity index (χ1) is 24.8. The summed E-state index contributed by atoms with van der Waals surface area (Å²) < 4.78 is 51.0. The zero-order valence-electron chi connectivity index (χ0n) is 33.7. The molecule has 1 radical (unpaired) electrons. The largest absolute Gasteiger partial charge is 0.498 e. The number of nitrogens with zero attached hydrogens (tertiary/aromatic N) is 2. The molecule has 3 nitrogen and oxygen atoms in total. The predicted molar refractivity (Wildman–Crippen MR) is 206 cm³/mol. The number of benzene rings is 4. The zero-order valence-corrected chi connectivity index (χ0v) is 33.1. The molecule has 0 aliphatic carbocycles. The zero-order chi connectivity index (χ0) is 38.5. The third-order valence-corrected chi connectivity index (χ3v) is 10.7. The maximum Gasteiger partial charge on any atom is 0.165 e. The molecule has 7 rings (SSSR count). The first-order valence-electron chi connectivity index (χ1n) is 18.4. The van der Waals surface area contributed by atoms with Crippen molar-refractivity contribution in [3.8, 4) is 33.6 Å². The normalized spacial score (nSPS) is 13.1. The number of aromatic nitrogens is 2. The molecule has 0 bridgehead atoms. The molecule has 0 N–H and O–H groups in total. The molecule has 0 spiro atoms. The van der Waals surface area contributed by atoms with Gasteiger partial charge in [-0.1, -0.05) is 98.8 Å². The number of hydrogen-bond donors (Lipinski definition) is 0. The molecule has 6 heteroatoms. The van der Waals surface area contributed by atoms with Gasteiger partial charge >= 0.3 is 0 Å². The van der Waals surface area contributed by atoms with E-state index in [0.29, 0.717) is 5.58 Å². The molecule has 7 aromatic rings. The summed E-state index contributed by atoms with van der Waals surface area (Å²) in [7, 11) is -1.61. The van der Waals surface area contributed by atoms with Gasteiger partial charge in [-0.15, -0.1) is 53.6 Å². The second-order valence-corrected chi connectivity index (χ2v) is 18.9. The van der Waals surface area contributed by atoms with E-state index in [1.807, 2.05) is 50.4 Å². The van der Waals surface area contributed by atoms with E-state index in [0.717, 1.165) is 44.4 Å². The van der Waals surface area contributed by atoms with Crippen molar-refractivity contribution in [2.75, 3.05) is 0 Å². The van der Waals surface area contributed by atoms with E-state index in [-0.39, 0.29) is 37.1 Å². The molecule has 0 amide bonds. The van der Waals surface area contributed by atoms with E-state index in [2.05, 4.69) is 80.7 Å². The third-order valence-electron chi connectivity index (χ3n) is 8.73. The molecule has 0 saturated carbocycles. The molecule has 0 atom stereocenters. The van der Waals surface area contributed by atoms with Crippen LogP contribution in [0.4, 0.5) is 4.39 Å². The number of para-hydroxylation sites is 1. The fourth-order valence-electron chi connectivity index (χ4n) is 6.48. The fraction of sp³-hybridized carbons (Fsp3) is 0.227. The summed E-state index contributed by atoms with van der Waals surface area (Å²) in [6.07, 6.45) is 3.69. The van der Waals surface area contributed by atoms with Crippen molar-refractivity contribution in [3.05, 3.63) is 137 Å². The maximum atomic E-state index is 14.2. The summed E-state index contributed by atoms with van der Waals surface area (Å²) in [5.41, 5.74) is 11.1. The van der Waals surface area contributed by atoms with Crippen molar-refractivity contribution in [3.63, 3.8) is 0 Å². The van der Waals surface area contributed by atoms with Gasteiger partial charge in [0.05, 0.1) is 13.7 Å². The second kappa shape index (κ2) is 14.9. The molecule has 0 fully saturated rings. The average Bonchev–Trinajstić information content (AvgIpc) is 3.47. The van der Waals surface area contributed by atoms with E-state index < -0.39 is 20.8 Å². The summed E-state index contributed by atoms with van der Waals surface area (Å²) in [5.74, 6) is -1.08. The maximum absolute atomic E-state index is 14.2. The summed E-state index contributed by atoms with van der Waals surface area (Å²) in [6, 6.07) is 30.3. The summed E-state index contributed by atoms with van der Waals surface area (Å²) in [4.78, 5) is 9.13. The van der Waals surface area contributed by atoms with Crippen LogP contribution in [0.25, 0.3) is 55.6 Å². The predicted octanol–water partition coefficient (Wildman–Crippen LogP) is 11.7. The van der Waals surface area contributed by atoms with Crippen molar-refractivity contribution in [2.24, 2.45) is 0 Å². The molecule has 3 aromatic heterocycles. The molecule has 3 heterocycles. The molecule has 0 unspecified atom stereocenters. The Morgan fingerprint density at radius 2 is 1.58 bits per heavy atom. The Morgan fingerprint density at radius 3 is 2.24 bits per heavy atom. The van der Waals surface area contributed by atoms with Crippen LogP contribution in [-0.2, 0) is 20.1 Å². The second-order valence-electron chi connectivity index (χ2n) is 13.9. The number of pyridine rings is 2. The molecule has 0 saturated heterocycles. The topological polar surface area (TPSA) is 38.9 Å². The summed E-state index contributed by atoms with van der Waals surface area (Å²) in [5, 5.41) is 2.81. The number of halogens is 1. The number of fused-ring (bicyclic) bond motifs is 3. The monoisotopic (exact) mass is 859 g/mol. The SMILES string of the molecule is Cc1cc(C)c(-c2ccnc(-c3[c-]ccc4c3oc3c(F)cccc34)c2)c(C)c1.[2H]C([2H])([2H])c1c[c-]c(-c2cc(C([2H])(C)C)c([Si](C)(C)C)cn2)cc1.[Ir]. The Kier molecular flexibility index (Phi) is 9.49. The first kappa shape index (κ1) is 31.7. The molecular formula is C44H43FIrN2OSi-2. The van der Waals surface area contributed by atoms with Gasteiger partial charge in [0.1, 0.15) is 0 Å². The number of hydrogen-bond acceptors (Lipinski definition) is 3. The molecule has 4 aromatic carbocycles. The van der Waals surface area contributed by atoms with Crippen LogP contribution in [0.5, 0.6) is 0 Å². The van der Waals surface area contributed by atoms with Gasteiger partial charge in [-0.2, -0.15) is 0 Å². The van der Waals surface area contributed by atoms with Crippen molar-refractivity contribution >= 4 is 35.2 Å². The van der Waals surface area contributed by atoms with Crippen LogP contribution in [0, 0.1) is 45.6 Å². The van der Waals surface area contributed by atoms with Gasteiger partial charge in [-0.05, 0) is 77.6 Å². The van der Waals surface area contributed by atoms with Gasteiger partial charge in [0.25, 0.3) is 0 Å². The molecule has 50 heavy (non-hydrogen) atoms. The van der Waals surface area contributed by atoms with Gasteiger partial charge in [0.15, 0.2) is 11.4 Å². The van der Waals surface area contributed by atoms with Crippen molar-refractivity contribution < 1.29 is 34.4 Å². The van der Waals surface area contributed by atoms with Gasteiger partial charge in [0, 0.05) is 43.4 Å². The quantitative estimate of drug-likeness (QED) is 0.128. The Morgan fingerprint density at radius 1 is 0.840 bits per heavy atom. The summed E-state index contributed by atoms with van der Waals surface area (Å²) >= 11 is 0. The molecule has 0 aliphatic heterocycles. The van der Waals surface area contributed by atoms with Crippen LogP contribution in [-0.4, -0.2) is 18.0 Å². The third kappa shape index (κ3) is 7.58. The van der Waals surface area contributed by atoms with Gasteiger partial charge in [-0.25, -0.2) is 4.39 Å². The average molecular weight is 859 g/mol. The van der Waals surface area contributed by atoms with Crippen LogP contribution in [0.3, 0.4) is 0 Å². The van der Waals surface area contributed by atoms with E-state index >= 15 is 0 Å². The Hall–Kier alpha value is -4.22. The summed E-state index contributed by atoms with van der Waals surface area (Å²) in [6.45, 7) is 14.8. The minimum absolute atomic E-state index is 0. The smallest absolute Gasteiger partial charge is 0.165 e. The Balaban J connectivity index is 0.000000208. The van der Waals surface area contributed by atoms with E-state index in [1.165, 1.54) is 39.6 Å². The van der Waals surface area contributed by atoms with Crippen LogP contribution in [0.2, 0.25) is 19.6 Å². The standard InChI is InChI=1S/C26H19FNO.C18H24NSi.Ir/c1-15-12-16(2)24(17(3)13-15)18-10-11-28-23(14-18)21-8-4-6-19-20-7-5-9-22(27)26(20)29-25(19)21;1-13(2)16-11-17(15-9-7-14(3)8-10-15)19-12-18(16)20(4,5)6;/h4-7,9-14H,1-3H3;7-9,11-13H,1-6H3;/q2*-1;/i;3D3,13D;. The molecule has 0 aliphatic rings. The van der Waals surface area contributed by atoms with Crippen LogP contribution in [0.1, 0.15) is 53.0 Å². The number of aryl methyl sites for hydroxylation is 4. The Bertz CT molecular complexity index is 2440. The Labute approximate surface area is 316 Å². The van der Waals surface area contributed by atoms with E-state index in [1.54, 1.807) is 24.4 Å². The van der Waals surface area contributed by atoms with Crippen molar-refractivity contribution in [1.29, 1.82) is 0 Å². The van der Waals surface area contributed by atoms with Crippen molar-refractivity contribution in [2.45, 2.75) is 67.0 Å². The first-order valence-corrected chi connectivity index (χ1v) is 19.9. The fourth-order valence-corrected chi connectivity index (χ4v) is 8.06.